The van der Waals surface area contributed by atoms with Crippen LogP contribution in [0.3, 0.4) is 0 Å². The second-order valence-corrected chi connectivity index (χ2v) is 9.67. The van der Waals surface area contributed by atoms with Crippen LogP contribution >= 0.6 is 23.7 Å². The Morgan fingerprint density at radius 1 is 1.00 bits per heavy atom. The summed E-state index contributed by atoms with van der Waals surface area (Å²) in [5.41, 5.74) is 1.01. The summed E-state index contributed by atoms with van der Waals surface area (Å²) in [4.78, 5) is 19.1. The third kappa shape index (κ3) is 8.77. The minimum absolute atomic E-state index is 0. The molecule has 0 radical (unpaired) electrons. The molecule has 0 saturated carbocycles. The summed E-state index contributed by atoms with van der Waals surface area (Å²) >= 11 is 1.49. The highest BCUT2D eigenvalue weighted by molar-refractivity contribution is 7.17. The molecule has 0 bridgehead atoms. The van der Waals surface area contributed by atoms with Gasteiger partial charge in [0.05, 0.1) is 12.0 Å². The summed E-state index contributed by atoms with van der Waals surface area (Å²) in [5, 5.41) is 3.06. The van der Waals surface area contributed by atoms with E-state index < -0.39 is 0 Å². The average molecular weight is 512 g/mol. The van der Waals surface area contributed by atoms with E-state index in [2.05, 4.69) is 56.7 Å². The molecule has 8 heteroatoms. The number of carbonyl (C=O) groups is 1. The smallest absolute Gasteiger partial charge is 0.261 e. The van der Waals surface area contributed by atoms with E-state index >= 15 is 0 Å². The zero-order valence-corrected chi connectivity index (χ0v) is 23.4. The maximum Gasteiger partial charge on any atom is 0.261 e. The van der Waals surface area contributed by atoms with Crippen molar-refractivity contribution >= 4 is 29.7 Å². The van der Waals surface area contributed by atoms with Crippen LogP contribution in [0.15, 0.2) is 30.3 Å². The fourth-order valence-corrected chi connectivity index (χ4v) is 4.80. The van der Waals surface area contributed by atoms with Gasteiger partial charge in [-0.05, 0) is 76.7 Å². The molecule has 192 valence electrons. The van der Waals surface area contributed by atoms with Crippen LogP contribution in [0.5, 0.6) is 11.5 Å². The van der Waals surface area contributed by atoms with E-state index in [-0.39, 0.29) is 18.3 Å². The van der Waals surface area contributed by atoms with E-state index in [1.807, 2.05) is 30.3 Å². The maximum absolute atomic E-state index is 12.6. The lowest BCUT2D eigenvalue weighted by molar-refractivity contribution is 0.0943. The van der Waals surface area contributed by atoms with Gasteiger partial charge >= 0.3 is 0 Å². The fourth-order valence-electron chi connectivity index (χ4n) is 3.88. The van der Waals surface area contributed by atoms with Gasteiger partial charge in [0.1, 0.15) is 6.61 Å². The standard InChI is InChI=1S/C26H41N3O3S.ClH/c1-8-28(9-2)16-17-32-22-11-10-21(18-23(22)31-7)24-12-13-25(33-24)26(30)27-14-15-29(19(3)4)20(5)6;/h10-13,18-20H,8-9,14-17H2,1-7H3,(H,27,30);1H. The van der Waals surface area contributed by atoms with Gasteiger partial charge in [-0.1, -0.05) is 13.8 Å². The number of thiophene rings is 1. The van der Waals surface area contributed by atoms with Crippen LogP contribution in [0.1, 0.15) is 51.2 Å². The number of nitrogens with one attached hydrogen (secondary N) is 1. The number of methoxy groups -OCH3 is 1. The number of halogens is 1. The van der Waals surface area contributed by atoms with Crippen molar-refractivity contribution in [1.82, 2.24) is 15.1 Å². The topological polar surface area (TPSA) is 54.0 Å². The van der Waals surface area contributed by atoms with Crippen LogP contribution in [-0.2, 0) is 0 Å². The monoisotopic (exact) mass is 511 g/mol. The van der Waals surface area contributed by atoms with Crippen molar-refractivity contribution < 1.29 is 14.3 Å². The largest absolute Gasteiger partial charge is 0.493 e. The molecule has 0 unspecified atom stereocenters. The van der Waals surface area contributed by atoms with Crippen LogP contribution < -0.4 is 14.8 Å². The molecule has 0 spiro atoms. The van der Waals surface area contributed by atoms with Gasteiger partial charge in [-0.3, -0.25) is 9.69 Å². The number of hydrogen-bond acceptors (Lipinski definition) is 6. The number of carbonyl (C=O) groups excluding carboxylic acids is 1. The molecule has 6 nitrogen and oxygen atoms in total. The average Bonchev–Trinajstić information content (AvgIpc) is 3.29. The van der Waals surface area contributed by atoms with E-state index in [9.17, 15) is 4.79 Å². The van der Waals surface area contributed by atoms with E-state index in [1.165, 1.54) is 11.3 Å². The van der Waals surface area contributed by atoms with Gasteiger partial charge < -0.3 is 19.7 Å². The van der Waals surface area contributed by atoms with Gasteiger partial charge in [0, 0.05) is 36.6 Å². The number of benzene rings is 1. The molecule has 1 heterocycles. The lowest BCUT2D eigenvalue weighted by atomic mass is 10.1. The molecule has 1 N–H and O–H groups in total. The van der Waals surface area contributed by atoms with Crippen LogP contribution in [-0.4, -0.2) is 74.2 Å². The Morgan fingerprint density at radius 3 is 2.26 bits per heavy atom. The summed E-state index contributed by atoms with van der Waals surface area (Å²) in [6.45, 7) is 18.0. The Morgan fingerprint density at radius 2 is 1.68 bits per heavy atom. The molecule has 34 heavy (non-hydrogen) atoms. The Kier molecular flexibility index (Phi) is 13.6. The third-order valence-corrected chi connectivity index (χ3v) is 6.95. The minimum atomic E-state index is -0.0259. The van der Waals surface area contributed by atoms with Crippen LogP contribution in [0.4, 0.5) is 0 Å². The van der Waals surface area contributed by atoms with Crippen molar-refractivity contribution in [3.63, 3.8) is 0 Å². The summed E-state index contributed by atoms with van der Waals surface area (Å²) in [6, 6.07) is 10.7. The van der Waals surface area contributed by atoms with Crippen LogP contribution in [0, 0.1) is 0 Å². The molecular formula is C26H42ClN3O3S. The van der Waals surface area contributed by atoms with Gasteiger partial charge in [0.25, 0.3) is 5.91 Å². The van der Waals surface area contributed by atoms with Crippen molar-refractivity contribution in [1.29, 1.82) is 0 Å². The van der Waals surface area contributed by atoms with Gasteiger partial charge in [-0.25, -0.2) is 0 Å². The van der Waals surface area contributed by atoms with Crippen molar-refractivity contribution in [3.8, 4) is 21.9 Å². The van der Waals surface area contributed by atoms with Gasteiger partial charge in [0.15, 0.2) is 11.5 Å². The molecule has 1 amide bonds. The Balaban J connectivity index is 0.00000578. The van der Waals surface area contributed by atoms with E-state index in [0.717, 1.165) is 42.4 Å². The first-order valence-corrected chi connectivity index (χ1v) is 12.8. The first-order chi connectivity index (χ1) is 15.8. The zero-order valence-electron chi connectivity index (χ0n) is 21.7. The van der Waals surface area contributed by atoms with Gasteiger partial charge in [-0.15, -0.1) is 23.7 Å². The van der Waals surface area contributed by atoms with Gasteiger partial charge in [-0.2, -0.15) is 0 Å². The quantitative estimate of drug-likeness (QED) is 0.367. The number of rotatable bonds is 14. The number of likely N-dealkylation sites (N-methyl/N-ethyl adjacent to an activating group) is 1. The van der Waals surface area contributed by atoms with Crippen LogP contribution in [0.25, 0.3) is 10.4 Å². The lowest BCUT2D eigenvalue weighted by Gasteiger charge is -2.30. The predicted molar refractivity (Wildman–Crippen MR) is 146 cm³/mol. The number of nitrogens with zero attached hydrogens (tertiary/aromatic N) is 2. The molecule has 0 aliphatic carbocycles. The van der Waals surface area contributed by atoms with E-state index in [1.54, 1.807) is 7.11 Å². The SMILES string of the molecule is CCN(CC)CCOc1ccc(-c2ccc(C(=O)NCCN(C(C)C)C(C)C)s2)cc1OC.Cl. The van der Waals surface area contributed by atoms with Crippen molar-refractivity contribution in [2.75, 3.05) is 46.4 Å². The molecule has 0 aliphatic rings. The molecule has 0 fully saturated rings. The number of amides is 1. The van der Waals surface area contributed by atoms with Gasteiger partial charge in [0.2, 0.25) is 0 Å². The summed E-state index contributed by atoms with van der Waals surface area (Å²) in [7, 11) is 1.65. The Labute approximate surface area is 216 Å². The van der Waals surface area contributed by atoms with Crippen molar-refractivity contribution in [2.45, 2.75) is 53.6 Å². The molecule has 2 aromatic rings. The minimum Gasteiger partial charge on any atom is -0.493 e. The molecule has 0 saturated heterocycles. The molecule has 0 atom stereocenters. The fraction of sp³-hybridized carbons (Fsp3) is 0.577. The highest BCUT2D eigenvalue weighted by atomic mass is 35.5. The summed E-state index contributed by atoms with van der Waals surface area (Å²) in [6.07, 6.45) is 0. The molecule has 1 aromatic heterocycles. The lowest BCUT2D eigenvalue weighted by Crippen LogP contribution is -2.42. The highest BCUT2D eigenvalue weighted by Gasteiger charge is 2.15. The summed E-state index contributed by atoms with van der Waals surface area (Å²) < 4.78 is 11.5. The first-order valence-electron chi connectivity index (χ1n) is 12.0. The van der Waals surface area contributed by atoms with Crippen LogP contribution in [0.2, 0.25) is 0 Å². The Hall–Kier alpha value is -1.80. The summed E-state index contributed by atoms with van der Waals surface area (Å²) in [5.74, 6) is 1.42. The molecule has 0 aliphatic heterocycles. The number of hydrogen-bond donors (Lipinski definition) is 1. The maximum atomic E-state index is 12.6. The second-order valence-electron chi connectivity index (χ2n) is 8.59. The van der Waals surface area contributed by atoms with E-state index in [4.69, 9.17) is 9.47 Å². The molecule has 1 aromatic carbocycles. The Bertz CT molecular complexity index is 861. The van der Waals surface area contributed by atoms with Crippen molar-refractivity contribution in [3.05, 3.63) is 35.2 Å². The molecule has 2 rings (SSSR count). The first kappa shape index (κ1) is 30.2. The highest BCUT2D eigenvalue weighted by Crippen LogP contribution is 2.35. The van der Waals surface area contributed by atoms with Crippen molar-refractivity contribution in [2.24, 2.45) is 0 Å². The predicted octanol–water partition coefficient (Wildman–Crippen LogP) is 5.41. The second kappa shape index (κ2) is 15.2. The molecular weight excluding hydrogens is 470 g/mol. The number of ether oxygens (including phenoxy) is 2. The zero-order chi connectivity index (χ0) is 24.4. The van der Waals surface area contributed by atoms with E-state index in [0.29, 0.717) is 35.9 Å². The normalized spacial score (nSPS) is 11.3. The third-order valence-electron chi connectivity index (χ3n) is 5.82.